The fraction of sp³-hybridized carbons (Fsp3) is 0.0154. The van der Waals surface area contributed by atoms with Crippen LogP contribution in [0.5, 0.6) is 0 Å². The lowest BCUT2D eigenvalue weighted by Crippen LogP contribution is -2.26. The van der Waals surface area contributed by atoms with Gasteiger partial charge in [0, 0.05) is 50.2 Å². The number of nitrogens with zero attached hydrogens (tertiary/aromatic N) is 3. The van der Waals surface area contributed by atoms with Gasteiger partial charge in [0.15, 0.2) is 0 Å². The van der Waals surface area contributed by atoms with E-state index in [1.54, 1.807) is 0 Å². The van der Waals surface area contributed by atoms with E-state index in [1.165, 1.54) is 77.1 Å². The van der Waals surface area contributed by atoms with Gasteiger partial charge in [-0.25, -0.2) is 0 Å². The molecule has 318 valence electrons. The molecule has 1 unspecified atom stereocenters. The van der Waals surface area contributed by atoms with Crippen LogP contribution in [-0.2, 0) is 5.41 Å². The van der Waals surface area contributed by atoms with Crippen LogP contribution in [0.4, 0.5) is 34.1 Å². The van der Waals surface area contributed by atoms with Gasteiger partial charge in [-0.2, -0.15) is 0 Å². The van der Waals surface area contributed by atoms with Crippen LogP contribution in [-0.4, -0.2) is 4.57 Å². The number of hydrogen-bond acceptors (Lipinski definition) is 2. The molecule has 3 nitrogen and oxygen atoms in total. The Morgan fingerprint density at radius 2 is 0.824 bits per heavy atom. The molecule has 1 heterocycles. The molecule has 0 N–H and O–H groups in total. The quantitative estimate of drug-likeness (QED) is 0.158. The Bertz CT molecular complexity index is 3920. The van der Waals surface area contributed by atoms with Gasteiger partial charge in [-0.3, -0.25) is 0 Å². The minimum absolute atomic E-state index is 0.541. The zero-order valence-corrected chi connectivity index (χ0v) is 37.2. The average Bonchev–Trinajstić information content (AvgIpc) is 4.01. The van der Waals surface area contributed by atoms with Crippen LogP contribution in [0.25, 0.3) is 60.5 Å². The zero-order valence-electron chi connectivity index (χ0n) is 37.2. The van der Waals surface area contributed by atoms with Crippen molar-refractivity contribution in [1.29, 1.82) is 0 Å². The predicted molar refractivity (Wildman–Crippen MR) is 284 cm³/mol. The van der Waals surface area contributed by atoms with Crippen LogP contribution in [0.1, 0.15) is 22.3 Å². The van der Waals surface area contributed by atoms with E-state index in [0.717, 1.165) is 39.8 Å². The first kappa shape index (κ1) is 38.4. The van der Waals surface area contributed by atoms with Crippen molar-refractivity contribution in [3.05, 3.63) is 283 Å². The summed E-state index contributed by atoms with van der Waals surface area (Å²) in [5.74, 6) is 0. The Balaban J connectivity index is 0.998. The highest BCUT2D eigenvalue weighted by Gasteiger charge is 2.52. The summed E-state index contributed by atoms with van der Waals surface area (Å²) in [4.78, 5) is 4.91. The summed E-state index contributed by atoms with van der Waals surface area (Å²) < 4.78 is 2.41. The Hall–Kier alpha value is -8.92. The second kappa shape index (κ2) is 15.1. The Labute approximate surface area is 395 Å². The largest absolute Gasteiger partial charge is 0.310 e. The molecule has 0 bridgehead atoms. The molecule has 0 radical (unpaired) electrons. The summed E-state index contributed by atoms with van der Waals surface area (Å²) in [6.07, 6.45) is 0. The third-order valence-electron chi connectivity index (χ3n) is 14.5. The maximum absolute atomic E-state index is 2.48. The highest BCUT2D eigenvalue weighted by atomic mass is 15.2. The maximum atomic E-state index is 2.48. The van der Waals surface area contributed by atoms with Gasteiger partial charge < -0.3 is 14.4 Å². The number of fused-ring (bicyclic) bond motifs is 14. The van der Waals surface area contributed by atoms with E-state index in [0.29, 0.717) is 0 Å². The van der Waals surface area contributed by atoms with Gasteiger partial charge in [0.05, 0.1) is 27.8 Å². The third-order valence-corrected chi connectivity index (χ3v) is 14.5. The van der Waals surface area contributed by atoms with Gasteiger partial charge in [-0.1, -0.05) is 182 Å². The summed E-state index contributed by atoms with van der Waals surface area (Å²) in [5.41, 5.74) is 20.0. The van der Waals surface area contributed by atoms with E-state index in [4.69, 9.17) is 0 Å². The van der Waals surface area contributed by atoms with E-state index in [1.807, 2.05) is 0 Å². The average molecular weight is 866 g/mol. The van der Waals surface area contributed by atoms with Crippen molar-refractivity contribution < 1.29 is 0 Å². The molecular formula is C65H43N3. The lowest BCUT2D eigenvalue weighted by molar-refractivity contribution is 0.793. The minimum Gasteiger partial charge on any atom is -0.310 e. The van der Waals surface area contributed by atoms with E-state index in [-0.39, 0.29) is 0 Å². The molecule has 1 atom stereocenters. The van der Waals surface area contributed by atoms with Crippen molar-refractivity contribution in [2.24, 2.45) is 0 Å². The van der Waals surface area contributed by atoms with Crippen LogP contribution in [0.3, 0.4) is 0 Å². The lowest BCUT2D eigenvalue weighted by Gasteiger charge is -2.32. The van der Waals surface area contributed by atoms with Crippen molar-refractivity contribution in [3.63, 3.8) is 0 Å². The molecule has 1 spiro atoms. The second-order valence-corrected chi connectivity index (χ2v) is 18.0. The maximum Gasteiger partial charge on any atom is 0.0726 e. The molecule has 1 aromatic heterocycles. The first-order chi connectivity index (χ1) is 33.8. The smallest absolute Gasteiger partial charge is 0.0726 e. The number of benzene rings is 11. The van der Waals surface area contributed by atoms with Gasteiger partial charge in [-0.15, -0.1) is 0 Å². The van der Waals surface area contributed by atoms with E-state index in [2.05, 4.69) is 275 Å². The highest BCUT2D eigenvalue weighted by molar-refractivity contribution is 6.11. The number of para-hydroxylation sites is 4. The summed E-state index contributed by atoms with van der Waals surface area (Å²) >= 11 is 0. The molecule has 12 aromatic rings. The van der Waals surface area contributed by atoms with Crippen molar-refractivity contribution >= 4 is 66.7 Å². The summed E-state index contributed by atoms with van der Waals surface area (Å²) in [7, 11) is 0. The molecule has 0 fully saturated rings. The van der Waals surface area contributed by atoms with Crippen LogP contribution in [0, 0.1) is 0 Å². The monoisotopic (exact) mass is 865 g/mol. The van der Waals surface area contributed by atoms with Gasteiger partial charge in [0.1, 0.15) is 0 Å². The van der Waals surface area contributed by atoms with Crippen molar-refractivity contribution in [3.8, 4) is 27.9 Å². The molecule has 2 aliphatic carbocycles. The zero-order chi connectivity index (χ0) is 44.8. The molecule has 11 aromatic carbocycles. The molecule has 0 saturated heterocycles. The van der Waals surface area contributed by atoms with Crippen LogP contribution >= 0.6 is 0 Å². The van der Waals surface area contributed by atoms with Crippen LogP contribution in [0.15, 0.2) is 261 Å². The normalized spacial score (nSPS) is 14.2. The third kappa shape index (κ3) is 5.47. The van der Waals surface area contributed by atoms with Gasteiger partial charge in [0.25, 0.3) is 0 Å². The van der Waals surface area contributed by atoms with Crippen molar-refractivity contribution in [2.75, 3.05) is 9.80 Å². The minimum atomic E-state index is -0.541. The fourth-order valence-electron chi connectivity index (χ4n) is 11.9. The van der Waals surface area contributed by atoms with Crippen LogP contribution < -0.4 is 9.80 Å². The lowest BCUT2D eigenvalue weighted by atomic mass is 9.70. The molecular weight excluding hydrogens is 823 g/mol. The van der Waals surface area contributed by atoms with E-state index >= 15 is 0 Å². The number of anilines is 6. The second-order valence-electron chi connectivity index (χ2n) is 18.0. The summed E-state index contributed by atoms with van der Waals surface area (Å²) in [6.45, 7) is 0. The number of rotatable bonds is 7. The highest BCUT2D eigenvalue weighted by Crippen LogP contribution is 2.65. The van der Waals surface area contributed by atoms with E-state index < -0.39 is 5.41 Å². The first-order valence-electron chi connectivity index (χ1n) is 23.5. The predicted octanol–water partition coefficient (Wildman–Crippen LogP) is 17.2. The first-order valence-corrected chi connectivity index (χ1v) is 23.5. The SMILES string of the molecule is c1ccc(N(c2ccc3c(c2)-c2ccccc2C32c3ccccc3-c3c(N(c4ccccc4)c4cccc5ccccc45)cccc32)c2ccc3c4ccccc4n(-c4ccccc4)c3c2)cc1. The molecule has 2 aliphatic rings. The molecule has 68 heavy (non-hydrogen) atoms. The van der Waals surface area contributed by atoms with Gasteiger partial charge >= 0.3 is 0 Å². The Morgan fingerprint density at radius 1 is 0.294 bits per heavy atom. The number of aromatic nitrogens is 1. The van der Waals surface area contributed by atoms with Gasteiger partial charge in [-0.05, 0) is 123 Å². The molecule has 0 amide bonds. The van der Waals surface area contributed by atoms with Gasteiger partial charge in [0.2, 0.25) is 0 Å². The van der Waals surface area contributed by atoms with Crippen molar-refractivity contribution in [2.45, 2.75) is 5.41 Å². The molecule has 14 rings (SSSR count). The fourth-order valence-corrected chi connectivity index (χ4v) is 11.9. The van der Waals surface area contributed by atoms with Crippen molar-refractivity contribution in [1.82, 2.24) is 4.57 Å². The Morgan fingerprint density at radius 3 is 1.62 bits per heavy atom. The molecule has 0 saturated carbocycles. The summed E-state index contributed by atoms with van der Waals surface area (Å²) in [6, 6.07) is 96.1. The van der Waals surface area contributed by atoms with E-state index in [9.17, 15) is 0 Å². The molecule has 0 aliphatic heterocycles. The molecule has 3 heteroatoms. The number of hydrogen-bond donors (Lipinski definition) is 0. The summed E-state index contributed by atoms with van der Waals surface area (Å²) in [5, 5.41) is 4.90. The van der Waals surface area contributed by atoms with Crippen LogP contribution in [0.2, 0.25) is 0 Å². The standard InChI is InChI=1S/C65H43N3/c1-4-22-45(23-5-1)66(49-38-40-53-52-30-14-17-35-61(52)68(63(53)43-49)47-26-8-3-9-27-47)48-39-41-58-55(42-48)51-29-12-15-32-56(51)65(58)57-33-16-13-31-54(57)64-59(65)34-19-37-62(64)67(46-24-6-2-7-25-46)60-36-18-21-44-20-10-11-28-50(44)60/h1-43H. The Kier molecular flexibility index (Phi) is 8.50. The topological polar surface area (TPSA) is 11.4 Å².